The lowest BCUT2D eigenvalue weighted by atomic mass is 10.2. The highest BCUT2D eigenvalue weighted by atomic mass is 79.9. The molecule has 160 valence electrons. The highest BCUT2D eigenvalue weighted by Gasteiger charge is 2.24. The zero-order valence-electron chi connectivity index (χ0n) is 16.7. The number of fused-ring (bicyclic) bond motifs is 2. The van der Waals surface area contributed by atoms with Gasteiger partial charge in [0.2, 0.25) is 15.8 Å². The van der Waals surface area contributed by atoms with Crippen LogP contribution in [0.4, 0.5) is 11.6 Å². The number of pyridine rings is 1. The maximum absolute atomic E-state index is 13.1. The average molecular weight is 510 g/mol. The van der Waals surface area contributed by atoms with E-state index in [1.54, 1.807) is 12.1 Å². The zero-order valence-corrected chi connectivity index (χ0v) is 19.1. The van der Waals surface area contributed by atoms with Gasteiger partial charge >= 0.3 is 0 Å². The number of hydrogen-bond donors (Lipinski definition) is 2. The minimum absolute atomic E-state index is 0.0384. The number of aromatic nitrogens is 4. The summed E-state index contributed by atoms with van der Waals surface area (Å²) in [6.45, 7) is 0. The number of benzene rings is 2. The van der Waals surface area contributed by atoms with Crippen molar-refractivity contribution in [3.8, 4) is 0 Å². The normalized spacial score (nSPS) is 11.8. The third-order valence-corrected chi connectivity index (χ3v) is 7.43. The van der Waals surface area contributed by atoms with E-state index < -0.39 is 15.4 Å². The molecule has 0 aliphatic heterocycles. The number of H-pyrrole nitrogens is 1. The van der Waals surface area contributed by atoms with Gasteiger partial charge < -0.3 is 10.3 Å². The summed E-state index contributed by atoms with van der Waals surface area (Å²) in [5.74, 6) is 0.297. The van der Waals surface area contributed by atoms with E-state index in [0.717, 1.165) is 21.1 Å². The zero-order chi connectivity index (χ0) is 22.5. The molecule has 2 aromatic carbocycles. The summed E-state index contributed by atoms with van der Waals surface area (Å²) in [5, 5.41) is 4.60. The molecule has 3 aromatic heterocycles. The summed E-state index contributed by atoms with van der Waals surface area (Å²) in [5.41, 5.74) is 1.47. The summed E-state index contributed by atoms with van der Waals surface area (Å²) in [7, 11) is -2.51. The van der Waals surface area contributed by atoms with E-state index >= 15 is 0 Å². The molecule has 0 atom stereocenters. The van der Waals surface area contributed by atoms with Crippen molar-refractivity contribution in [3.63, 3.8) is 0 Å². The van der Waals surface area contributed by atoms with Gasteiger partial charge in [0.1, 0.15) is 10.5 Å². The van der Waals surface area contributed by atoms with Crippen molar-refractivity contribution >= 4 is 59.3 Å². The number of aryl methyl sites for hydroxylation is 1. The van der Waals surface area contributed by atoms with Crippen LogP contribution < -0.4 is 10.9 Å². The standard InChI is InChI=1S/C22H16BrN5O3S/c1-28-20-14(11-19(21(28)29)32(30,31)17-5-2-15(23)3-6-17)12-25-22(27-20)26-16-4-7-18-13(10-16)8-9-24-18/h2-12,24H,1H3,(H,25,26,27). The SMILES string of the molecule is Cn1c(=O)c(S(=O)(=O)c2ccc(Br)cc2)cc2cnc(Nc3ccc4[nH]ccc4c3)nc21. The van der Waals surface area contributed by atoms with Crippen LogP contribution in [0.5, 0.6) is 0 Å². The summed E-state index contributed by atoms with van der Waals surface area (Å²) in [6, 6.07) is 15.2. The van der Waals surface area contributed by atoms with Crippen LogP contribution in [0.3, 0.4) is 0 Å². The Morgan fingerprint density at radius 3 is 2.59 bits per heavy atom. The molecule has 0 aliphatic rings. The molecule has 3 heterocycles. The molecule has 5 aromatic rings. The molecule has 0 saturated heterocycles. The van der Waals surface area contributed by atoms with Crippen molar-refractivity contribution in [1.29, 1.82) is 0 Å². The van der Waals surface area contributed by atoms with Gasteiger partial charge in [0.25, 0.3) is 5.56 Å². The maximum Gasteiger partial charge on any atom is 0.271 e. The van der Waals surface area contributed by atoms with Gasteiger partial charge in [-0.25, -0.2) is 13.4 Å². The molecule has 10 heteroatoms. The fraction of sp³-hybridized carbons (Fsp3) is 0.0455. The van der Waals surface area contributed by atoms with Crippen LogP contribution in [0.25, 0.3) is 21.9 Å². The van der Waals surface area contributed by atoms with E-state index in [4.69, 9.17) is 0 Å². The van der Waals surface area contributed by atoms with E-state index in [1.807, 2.05) is 30.5 Å². The quantitative estimate of drug-likeness (QED) is 0.376. The van der Waals surface area contributed by atoms with Crippen molar-refractivity contribution in [2.24, 2.45) is 7.05 Å². The first-order chi connectivity index (χ1) is 15.3. The minimum atomic E-state index is -4.00. The molecular weight excluding hydrogens is 494 g/mol. The van der Waals surface area contributed by atoms with Crippen LogP contribution in [-0.4, -0.2) is 27.9 Å². The van der Waals surface area contributed by atoms with Gasteiger partial charge in [-0.15, -0.1) is 0 Å². The third-order valence-electron chi connectivity index (χ3n) is 5.14. The summed E-state index contributed by atoms with van der Waals surface area (Å²) < 4.78 is 28.1. The summed E-state index contributed by atoms with van der Waals surface area (Å²) in [6.07, 6.45) is 3.36. The second kappa shape index (κ2) is 7.57. The van der Waals surface area contributed by atoms with E-state index in [0.29, 0.717) is 17.0 Å². The van der Waals surface area contributed by atoms with Crippen LogP contribution in [0.15, 0.2) is 86.0 Å². The highest BCUT2D eigenvalue weighted by molar-refractivity contribution is 9.10. The first-order valence-electron chi connectivity index (χ1n) is 9.54. The number of anilines is 2. The van der Waals surface area contributed by atoms with E-state index in [2.05, 4.69) is 36.2 Å². The first kappa shape index (κ1) is 20.4. The number of halogens is 1. The summed E-state index contributed by atoms with van der Waals surface area (Å²) >= 11 is 3.28. The van der Waals surface area contributed by atoms with Crippen molar-refractivity contribution in [2.75, 3.05) is 5.32 Å². The fourth-order valence-corrected chi connectivity index (χ4v) is 5.13. The van der Waals surface area contributed by atoms with Gasteiger partial charge in [-0.2, -0.15) is 4.98 Å². The molecule has 0 aliphatic carbocycles. The van der Waals surface area contributed by atoms with Gasteiger partial charge in [-0.3, -0.25) is 9.36 Å². The number of nitrogens with zero attached hydrogens (tertiary/aromatic N) is 3. The molecule has 0 radical (unpaired) electrons. The van der Waals surface area contributed by atoms with E-state index in [-0.39, 0.29) is 9.79 Å². The second-order valence-corrected chi connectivity index (χ2v) is 10.0. The molecule has 32 heavy (non-hydrogen) atoms. The fourth-order valence-electron chi connectivity index (χ4n) is 3.47. The number of rotatable bonds is 4. The second-order valence-electron chi connectivity index (χ2n) is 7.21. The number of hydrogen-bond acceptors (Lipinski definition) is 6. The number of nitrogens with one attached hydrogen (secondary N) is 2. The van der Waals surface area contributed by atoms with Gasteiger partial charge in [0.05, 0.1) is 4.90 Å². The molecule has 0 saturated carbocycles. The van der Waals surface area contributed by atoms with E-state index in [9.17, 15) is 13.2 Å². The van der Waals surface area contributed by atoms with Crippen LogP contribution in [0.2, 0.25) is 0 Å². The molecule has 0 spiro atoms. The molecule has 0 bridgehead atoms. The Kier molecular flexibility index (Phi) is 4.83. The van der Waals surface area contributed by atoms with Gasteiger partial charge in [0, 0.05) is 45.9 Å². The Labute approximate surface area is 191 Å². The Morgan fingerprint density at radius 1 is 1.03 bits per heavy atom. The Hall–Kier alpha value is -3.50. The summed E-state index contributed by atoms with van der Waals surface area (Å²) in [4.78, 5) is 24.5. The molecule has 0 unspecified atom stereocenters. The van der Waals surface area contributed by atoms with Crippen LogP contribution in [0, 0.1) is 0 Å². The predicted octanol–water partition coefficient (Wildman–Crippen LogP) is 4.15. The van der Waals surface area contributed by atoms with Gasteiger partial charge in [-0.1, -0.05) is 15.9 Å². The maximum atomic E-state index is 13.1. The lowest BCUT2D eigenvalue weighted by Gasteiger charge is -2.11. The van der Waals surface area contributed by atoms with Crippen LogP contribution >= 0.6 is 15.9 Å². The van der Waals surface area contributed by atoms with Crippen molar-refractivity contribution in [3.05, 3.63) is 81.8 Å². The van der Waals surface area contributed by atoms with Crippen LogP contribution in [0.1, 0.15) is 0 Å². The molecule has 0 amide bonds. The van der Waals surface area contributed by atoms with Crippen molar-refractivity contribution < 1.29 is 8.42 Å². The molecule has 5 rings (SSSR count). The van der Waals surface area contributed by atoms with Crippen molar-refractivity contribution in [2.45, 2.75) is 9.79 Å². The monoisotopic (exact) mass is 509 g/mol. The Morgan fingerprint density at radius 2 is 1.81 bits per heavy atom. The van der Waals surface area contributed by atoms with E-state index in [1.165, 1.54) is 36.0 Å². The number of sulfone groups is 1. The third kappa shape index (κ3) is 3.47. The lowest BCUT2D eigenvalue weighted by Crippen LogP contribution is -2.25. The Balaban J connectivity index is 1.57. The smallest absolute Gasteiger partial charge is 0.271 e. The van der Waals surface area contributed by atoms with Gasteiger partial charge in [0.15, 0.2) is 0 Å². The lowest BCUT2D eigenvalue weighted by molar-refractivity contribution is 0.593. The van der Waals surface area contributed by atoms with Crippen molar-refractivity contribution in [1.82, 2.24) is 19.5 Å². The highest BCUT2D eigenvalue weighted by Crippen LogP contribution is 2.24. The predicted molar refractivity (Wildman–Crippen MR) is 126 cm³/mol. The van der Waals surface area contributed by atoms with Crippen LogP contribution in [-0.2, 0) is 16.9 Å². The Bertz CT molecular complexity index is 1660. The topological polar surface area (TPSA) is 110 Å². The molecule has 0 fully saturated rings. The average Bonchev–Trinajstić information content (AvgIpc) is 3.24. The molecular formula is C22H16BrN5O3S. The first-order valence-corrected chi connectivity index (χ1v) is 11.8. The largest absolute Gasteiger partial charge is 0.361 e. The van der Waals surface area contributed by atoms with Gasteiger partial charge in [-0.05, 0) is 54.6 Å². The molecule has 2 N–H and O–H groups in total. The minimum Gasteiger partial charge on any atom is -0.361 e. The molecule has 8 nitrogen and oxygen atoms in total. The number of aromatic amines is 1.